The Kier molecular flexibility index (Phi) is 6.23. The molecule has 1 unspecified atom stereocenters. The molecule has 2 N–H and O–H groups in total. The van der Waals surface area contributed by atoms with Crippen LogP contribution in [-0.4, -0.2) is 31.8 Å². The summed E-state index contributed by atoms with van der Waals surface area (Å²) >= 11 is 0. The SMILES string of the molecule is COC(=O)Oc1cc(C)c(C[C@H](N)C(=O)N2CC(C)Cc3ccccc32)c(C)c1. The van der Waals surface area contributed by atoms with Gasteiger partial charge in [-0.25, -0.2) is 4.79 Å². The molecule has 0 spiro atoms. The molecule has 0 saturated carbocycles. The minimum Gasteiger partial charge on any atom is -0.437 e. The van der Waals surface area contributed by atoms with Crippen molar-refractivity contribution in [2.24, 2.45) is 11.7 Å². The van der Waals surface area contributed by atoms with Crippen molar-refractivity contribution >= 4 is 17.7 Å². The predicted octanol–water partition coefficient (Wildman–Crippen LogP) is 3.54. The summed E-state index contributed by atoms with van der Waals surface area (Å²) in [6.45, 7) is 6.66. The van der Waals surface area contributed by atoms with Crippen LogP contribution in [0, 0.1) is 19.8 Å². The van der Waals surface area contributed by atoms with Crippen molar-refractivity contribution < 1.29 is 19.1 Å². The van der Waals surface area contributed by atoms with Gasteiger partial charge in [-0.2, -0.15) is 0 Å². The second kappa shape index (κ2) is 8.66. The fourth-order valence-corrected chi connectivity index (χ4v) is 3.99. The third-order valence-electron chi connectivity index (χ3n) is 5.39. The highest BCUT2D eigenvalue weighted by molar-refractivity contribution is 5.98. The van der Waals surface area contributed by atoms with Crippen LogP contribution in [0.1, 0.15) is 29.2 Å². The molecule has 6 heteroatoms. The maximum absolute atomic E-state index is 13.2. The number of carbonyl (C=O) groups is 2. The lowest BCUT2D eigenvalue weighted by atomic mass is 9.92. The fourth-order valence-electron chi connectivity index (χ4n) is 3.99. The molecule has 0 bridgehead atoms. The van der Waals surface area contributed by atoms with Crippen LogP contribution in [0.2, 0.25) is 0 Å². The number of aryl methyl sites for hydroxylation is 2. The van der Waals surface area contributed by atoms with Crippen LogP contribution in [-0.2, 0) is 22.4 Å². The smallest absolute Gasteiger partial charge is 0.437 e. The van der Waals surface area contributed by atoms with Gasteiger partial charge in [0.25, 0.3) is 0 Å². The molecule has 0 aliphatic carbocycles. The van der Waals surface area contributed by atoms with E-state index in [0.29, 0.717) is 24.6 Å². The Labute approximate surface area is 171 Å². The Bertz CT molecular complexity index is 902. The van der Waals surface area contributed by atoms with E-state index in [0.717, 1.165) is 28.8 Å². The van der Waals surface area contributed by atoms with E-state index in [1.807, 2.05) is 36.9 Å². The first-order valence-corrected chi connectivity index (χ1v) is 9.81. The van der Waals surface area contributed by atoms with Crippen molar-refractivity contribution in [1.82, 2.24) is 0 Å². The third kappa shape index (κ3) is 4.59. The summed E-state index contributed by atoms with van der Waals surface area (Å²) in [5.74, 6) is 0.728. The zero-order valence-corrected chi connectivity index (χ0v) is 17.4. The molecular formula is C23H28N2O4. The van der Waals surface area contributed by atoms with Crippen LogP contribution in [0.4, 0.5) is 10.5 Å². The largest absolute Gasteiger partial charge is 0.513 e. The van der Waals surface area contributed by atoms with Crippen LogP contribution >= 0.6 is 0 Å². The number of hydrogen-bond acceptors (Lipinski definition) is 5. The number of anilines is 1. The van der Waals surface area contributed by atoms with Crippen LogP contribution in [0.5, 0.6) is 5.75 Å². The lowest BCUT2D eigenvalue weighted by Crippen LogP contribution is -2.48. The highest BCUT2D eigenvalue weighted by atomic mass is 16.7. The average Bonchev–Trinajstić information content (AvgIpc) is 2.69. The van der Waals surface area contributed by atoms with Gasteiger partial charge in [0.1, 0.15) is 5.75 Å². The van der Waals surface area contributed by atoms with E-state index in [1.165, 1.54) is 12.7 Å². The number of hydrogen-bond donors (Lipinski definition) is 1. The zero-order valence-electron chi connectivity index (χ0n) is 17.4. The normalized spacial score (nSPS) is 16.7. The third-order valence-corrected chi connectivity index (χ3v) is 5.39. The van der Waals surface area contributed by atoms with Crippen LogP contribution in [0.25, 0.3) is 0 Å². The lowest BCUT2D eigenvalue weighted by Gasteiger charge is -2.34. The molecule has 1 aliphatic rings. The fraction of sp³-hybridized carbons (Fsp3) is 0.391. The van der Waals surface area contributed by atoms with E-state index in [9.17, 15) is 9.59 Å². The van der Waals surface area contributed by atoms with Crippen LogP contribution < -0.4 is 15.4 Å². The molecule has 29 heavy (non-hydrogen) atoms. The molecule has 0 aromatic heterocycles. The first kappa shape index (κ1) is 20.9. The van der Waals surface area contributed by atoms with Gasteiger partial charge in [-0.05, 0) is 73.1 Å². The number of ether oxygens (including phenoxy) is 2. The topological polar surface area (TPSA) is 81.9 Å². The maximum atomic E-state index is 13.2. The highest BCUT2D eigenvalue weighted by Gasteiger charge is 2.29. The molecule has 2 atom stereocenters. The van der Waals surface area contributed by atoms with Gasteiger partial charge < -0.3 is 20.1 Å². The summed E-state index contributed by atoms with van der Waals surface area (Å²) in [5.41, 5.74) is 11.3. The molecular weight excluding hydrogens is 368 g/mol. The Hall–Kier alpha value is -2.86. The molecule has 154 valence electrons. The Balaban J connectivity index is 1.79. The minimum absolute atomic E-state index is 0.0716. The predicted molar refractivity (Wildman–Crippen MR) is 112 cm³/mol. The van der Waals surface area contributed by atoms with E-state index in [1.54, 1.807) is 12.1 Å². The summed E-state index contributed by atoms with van der Waals surface area (Å²) in [7, 11) is 1.26. The number of amides is 1. The summed E-state index contributed by atoms with van der Waals surface area (Å²) in [4.78, 5) is 26.4. The second-order valence-electron chi connectivity index (χ2n) is 7.79. The Morgan fingerprint density at radius 3 is 2.52 bits per heavy atom. The average molecular weight is 396 g/mol. The van der Waals surface area contributed by atoms with Gasteiger partial charge in [0.2, 0.25) is 5.91 Å². The number of benzene rings is 2. The molecule has 0 saturated heterocycles. The van der Waals surface area contributed by atoms with Crippen molar-refractivity contribution in [2.75, 3.05) is 18.6 Å². The van der Waals surface area contributed by atoms with Gasteiger partial charge in [-0.1, -0.05) is 25.1 Å². The van der Waals surface area contributed by atoms with E-state index in [-0.39, 0.29) is 5.91 Å². The van der Waals surface area contributed by atoms with Gasteiger partial charge in [-0.15, -0.1) is 0 Å². The minimum atomic E-state index is -0.763. The van der Waals surface area contributed by atoms with Gasteiger partial charge >= 0.3 is 6.16 Å². The molecule has 0 radical (unpaired) electrons. The van der Waals surface area contributed by atoms with E-state index in [4.69, 9.17) is 10.5 Å². The molecule has 2 aromatic carbocycles. The number of rotatable bonds is 4. The standard InChI is InChI=1S/C23H28N2O4/c1-14-9-17-7-5-6-8-21(17)25(13-14)22(26)20(24)12-19-15(2)10-18(11-16(19)3)29-23(27)28-4/h5-8,10-11,14,20H,9,12-13,24H2,1-4H3/t14?,20-/m0/s1. The zero-order chi connectivity index (χ0) is 21.1. The maximum Gasteiger partial charge on any atom is 0.513 e. The van der Waals surface area contributed by atoms with Crippen LogP contribution in [0.15, 0.2) is 36.4 Å². The molecule has 2 aromatic rings. The number of nitrogens with two attached hydrogens (primary N) is 1. The van der Waals surface area contributed by atoms with Gasteiger partial charge in [-0.3, -0.25) is 4.79 Å². The molecule has 1 amide bonds. The van der Waals surface area contributed by atoms with Crippen molar-refractivity contribution in [1.29, 1.82) is 0 Å². The Morgan fingerprint density at radius 1 is 1.21 bits per heavy atom. The molecule has 0 fully saturated rings. The molecule has 3 rings (SSSR count). The van der Waals surface area contributed by atoms with E-state index < -0.39 is 12.2 Å². The molecule has 1 aliphatic heterocycles. The van der Waals surface area contributed by atoms with Crippen molar-refractivity contribution in [3.63, 3.8) is 0 Å². The highest BCUT2D eigenvalue weighted by Crippen LogP contribution is 2.30. The number of methoxy groups -OCH3 is 1. The number of fused-ring (bicyclic) bond motifs is 1. The summed E-state index contributed by atoms with van der Waals surface area (Å²) < 4.78 is 9.64. The quantitative estimate of drug-likeness (QED) is 0.631. The summed E-state index contributed by atoms with van der Waals surface area (Å²) in [5, 5.41) is 0. The van der Waals surface area contributed by atoms with Crippen molar-refractivity contribution in [2.45, 2.75) is 39.7 Å². The Morgan fingerprint density at radius 2 is 1.86 bits per heavy atom. The number of para-hydroxylation sites is 1. The van der Waals surface area contributed by atoms with E-state index >= 15 is 0 Å². The monoisotopic (exact) mass is 396 g/mol. The van der Waals surface area contributed by atoms with E-state index in [2.05, 4.69) is 17.7 Å². The van der Waals surface area contributed by atoms with Gasteiger partial charge in [0.05, 0.1) is 13.2 Å². The van der Waals surface area contributed by atoms with Crippen molar-refractivity contribution in [3.8, 4) is 5.75 Å². The van der Waals surface area contributed by atoms with Gasteiger partial charge in [0.15, 0.2) is 0 Å². The summed E-state index contributed by atoms with van der Waals surface area (Å²) in [6, 6.07) is 10.9. The first-order valence-electron chi connectivity index (χ1n) is 9.81. The first-order chi connectivity index (χ1) is 13.8. The van der Waals surface area contributed by atoms with Crippen LogP contribution in [0.3, 0.4) is 0 Å². The lowest BCUT2D eigenvalue weighted by molar-refractivity contribution is -0.120. The molecule has 6 nitrogen and oxygen atoms in total. The number of nitrogens with zero attached hydrogens (tertiary/aromatic N) is 1. The van der Waals surface area contributed by atoms with Crippen molar-refractivity contribution in [3.05, 3.63) is 58.7 Å². The second-order valence-corrected chi connectivity index (χ2v) is 7.79. The number of carbonyl (C=O) groups excluding carboxylic acids is 2. The van der Waals surface area contributed by atoms with Gasteiger partial charge in [0, 0.05) is 12.2 Å². The molecule has 1 heterocycles. The summed E-state index contributed by atoms with van der Waals surface area (Å²) in [6.07, 6.45) is 0.623.